The molecule has 1 N–H and O–H groups in total. The number of ether oxygens (including phenoxy) is 1. The van der Waals surface area contributed by atoms with E-state index in [1.165, 1.54) is 25.5 Å². The van der Waals surface area contributed by atoms with E-state index in [4.69, 9.17) is 4.74 Å². The van der Waals surface area contributed by atoms with Crippen LogP contribution in [0.3, 0.4) is 0 Å². The number of sulfone groups is 1. The van der Waals surface area contributed by atoms with Crippen molar-refractivity contribution >= 4 is 9.84 Å². The van der Waals surface area contributed by atoms with Gasteiger partial charge in [0.05, 0.1) is 5.25 Å². The molecule has 2 unspecified atom stereocenters. The standard InChI is InChI=1S/C16H31NO3S/c1-16(2,11-13-7-9-20-10-8-13)12-17-14-5-4-6-15(14)21(3,18)19/h13-15,17H,4-12H2,1-3H3. The van der Waals surface area contributed by atoms with E-state index in [1.54, 1.807) is 0 Å². The molecule has 4 nitrogen and oxygen atoms in total. The van der Waals surface area contributed by atoms with Crippen molar-refractivity contribution in [1.29, 1.82) is 0 Å². The van der Waals surface area contributed by atoms with Crippen LogP contribution < -0.4 is 5.32 Å². The lowest BCUT2D eigenvalue weighted by molar-refractivity contribution is 0.0509. The summed E-state index contributed by atoms with van der Waals surface area (Å²) >= 11 is 0. The first-order chi connectivity index (χ1) is 9.78. The molecule has 1 saturated carbocycles. The summed E-state index contributed by atoms with van der Waals surface area (Å²) in [6, 6.07) is 0.147. The van der Waals surface area contributed by atoms with Gasteiger partial charge in [0.25, 0.3) is 0 Å². The maximum atomic E-state index is 11.8. The molecule has 0 aromatic carbocycles. The summed E-state index contributed by atoms with van der Waals surface area (Å²) in [4.78, 5) is 0. The van der Waals surface area contributed by atoms with Crippen LogP contribution in [0, 0.1) is 11.3 Å². The van der Waals surface area contributed by atoms with Gasteiger partial charge >= 0.3 is 0 Å². The maximum Gasteiger partial charge on any atom is 0.151 e. The van der Waals surface area contributed by atoms with E-state index in [0.29, 0.717) is 0 Å². The molecule has 2 aliphatic rings. The molecule has 0 aromatic heterocycles. The Kier molecular flexibility index (Phi) is 5.71. The van der Waals surface area contributed by atoms with Gasteiger partial charge in [-0.2, -0.15) is 0 Å². The summed E-state index contributed by atoms with van der Waals surface area (Å²) in [5, 5.41) is 3.37. The molecule has 124 valence electrons. The van der Waals surface area contributed by atoms with Crippen LogP contribution in [0.25, 0.3) is 0 Å². The molecule has 2 atom stereocenters. The van der Waals surface area contributed by atoms with Gasteiger partial charge in [0.2, 0.25) is 0 Å². The summed E-state index contributed by atoms with van der Waals surface area (Å²) in [5.74, 6) is 0.754. The van der Waals surface area contributed by atoms with Crippen molar-refractivity contribution in [1.82, 2.24) is 5.32 Å². The zero-order valence-electron chi connectivity index (χ0n) is 13.7. The molecule has 0 spiro atoms. The Balaban J connectivity index is 1.83. The zero-order valence-corrected chi connectivity index (χ0v) is 14.5. The number of rotatable bonds is 6. The highest BCUT2D eigenvalue weighted by Gasteiger charge is 2.35. The molecule has 5 heteroatoms. The van der Waals surface area contributed by atoms with E-state index in [2.05, 4.69) is 19.2 Å². The molecule has 1 saturated heterocycles. The fraction of sp³-hybridized carbons (Fsp3) is 1.00. The zero-order chi connectivity index (χ0) is 15.5. The average Bonchev–Trinajstić information content (AvgIpc) is 2.85. The van der Waals surface area contributed by atoms with Crippen molar-refractivity contribution in [3.63, 3.8) is 0 Å². The second-order valence-electron chi connectivity index (χ2n) is 7.71. The van der Waals surface area contributed by atoms with Crippen molar-refractivity contribution in [2.45, 2.75) is 63.7 Å². The van der Waals surface area contributed by atoms with Crippen LogP contribution >= 0.6 is 0 Å². The lowest BCUT2D eigenvalue weighted by atomic mass is 9.79. The van der Waals surface area contributed by atoms with E-state index in [1.807, 2.05) is 0 Å². The predicted octanol–water partition coefficient (Wildman–Crippen LogP) is 2.38. The van der Waals surface area contributed by atoms with Crippen LogP contribution in [0.15, 0.2) is 0 Å². The van der Waals surface area contributed by atoms with Crippen molar-refractivity contribution in [3.8, 4) is 0 Å². The Labute approximate surface area is 129 Å². The fourth-order valence-electron chi connectivity index (χ4n) is 3.88. The molecule has 0 bridgehead atoms. The van der Waals surface area contributed by atoms with Crippen molar-refractivity contribution in [2.75, 3.05) is 26.0 Å². The Morgan fingerprint density at radius 3 is 2.43 bits per heavy atom. The normalized spacial score (nSPS) is 28.9. The van der Waals surface area contributed by atoms with E-state index in [-0.39, 0.29) is 16.7 Å². The molecule has 1 heterocycles. The topological polar surface area (TPSA) is 55.4 Å². The summed E-state index contributed by atoms with van der Waals surface area (Å²) in [7, 11) is -2.93. The van der Waals surface area contributed by atoms with Crippen LogP contribution in [0.4, 0.5) is 0 Å². The van der Waals surface area contributed by atoms with E-state index >= 15 is 0 Å². The summed E-state index contributed by atoms with van der Waals surface area (Å²) in [5.41, 5.74) is 0.215. The first-order valence-corrected chi connectivity index (χ1v) is 10.2. The average molecular weight is 317 g/mol. The molecule has 1 aliphatic carbocycles. The summed E-state index contributed by atoms with van der Waals surface area (Å²) < 4.78 is 29.1. The van der Waals surface area contributed by atoms with Gasteiger partial charge < -0.3 is 10.1 Å². The Hall–Kier alpha value is -0.130. The van der Waals surface area contributed by atoms with Crippen molar-refractivity contribution < 1.29 is 13.2 Å². The minimum Gasteiger partial charge on any atom is -0.381 e. The minimum absolute atomic E-state index is 0.147. The van der Waals surface area contributed by atoms with Crippen LogP contribution in [0.1, 0.15) is 52.4 Å². The predicted molar refractivity (Wildman–Crippen MR) is 86.2 cm³/mol. The molecular weight excluding hydrogens is 286 g/mol. The van der Waals surface area contributed by atoms with Gasteiger partial charge in [-0.05, 0) is 43.4 Å². The third-order valence-corrected chi connectivity index (χ3v) is 6.69. The van der Waals surface area contributed by atoms with Crippen LogP contribution in [0.5, 0.6) is 0 Å². The smallest absolute Gasteiger partial charge is 0.151 e. The second kappa shape index (κ2) is 6.97. The number of hydrogen-bond donors (Lipinski definition) is 1. The third-order valence-electron chi connectivity index (χ3n) is 5.03. The molecule has 0 radical (unpaired) electrons. The monoisotopic (exact) mass is 317 g/mol. The molecule has 2 rings (SSSR count). The molecule has 21 heavy (non-hydrogen) atoms. The summed E-state index contributed by atoms with van der Waals surface area (Å²) in [6.45, 7) is 7.28. The second-order valence-corrected chi connectivity index (χ2v) is 9.97. The van der Waals surface area contributed by atoms with Gasteiger partial charge in [0, 0.05) is 32.1 Å². The first-order valence-electron chi connectivity index (χ1n) is 8.28. The Morgan fingerprint density at radius 2 is 1.81 bits per heavy atom. The van der Waals surface area contributed by atoms with Crippen LogP contribution in [-0.4, -0.2) is 45.7 Å². The highest BCUT2D eigenvalue weighted by molar-refractivity contribution is 7.91. The lowest BCUT2D eigenvalue weighted by Gasteiger charge is -2.33. The van der Waals surface area contributed by atoms with Crippen LogP contribution in [0.2, 0.25) is 0 Å². The van der Waals surface area contributed by atoms with E-state index in [9.17, 15) is 8.42 Å². The quantitative estimate of drug-likeness (QED) is 0.817. The Bertz CT molecular complexity index is 427. The lowest BCUT2D eigenvalue weighted by Crippen LogP contribution is -2.44. The SMILES string of the molecule is CC(C)(CNC1CCCC1S(C)(=O)=O)CC1CCOCC1. The minimum atomic E-state index is -2.93. The molecule has 0 amide bonds. The summed E-state index contributed by atoms with van der Waals surface area (Å²) in [6.07, 6.45) is 7.74. The number of hydrogen-bond acceptors (Lipinski definition) is 4. The first kappa shape index (κ1) is 17.2. The van der Waals surface area contributed by atoms with E-state index in [0.717, 1.165) is 44.9 Å². The largest absolute Gasteiger partial charge is 0.381 e. The van der Waals surface area contributed by atoms with Gasteiger partial charge in [-0.15, -0.1) is 0 Å². The molecule has 0 aromatic rings. The molecular formula is C16H31NO3S. The van der Waals surface area contributed by atoms with E-state index < -0.39 is 9.84 Å². The van der Waals surface area contributed by atoms with Gasteiger partial charge in [-0.25, -0.2) is 8.42 Å². The molecule has 2 fully saturated rings. The van der Waals surface area contributed by atoms with Crippen molar-refractivity contribution in [3.05, 3.63) is 0 Å². The highest BCUT2D eigenvalue weighted by Crippen LogP contribution is 2.32. The molecule has 1 aliphatic heterocycles. The van der Waals surface area contributed by atoms with Gasteiger partial charge in [-0.3, -0.25) is 0 Å². The van der Waals surface area contributed by atoms with Crippen molar-refractivity contribution in [2.24, 2.45) is 11.3 Å². The number of nitrogens with one attached hydrogen (secondary N) is 1. The van der Waals surface area contributed by atoms with Gasteiger partial charge in [0.15, 0.2) is 9.84 Å². The van der Waals surface area contributed by atoms with Crippen LogP contribution in [-0.2, 0) is 14.6 Å². The van der Waals surface area contributed by atoms with Gasteiger partial charge in [-0.1, -0.05) is 20.3 Å². The fourth-order valence-corrected chi connectivity index (χ4v) is 5.31. The highest BCUT2D eigenvalue weighted by atomic mass is 32.2. The maximum absolute atomic E-state index is 11.8. The Morgan fingerprint density at radius 1 is 1.14 bits per heavy atom. The third kappa shape index (κ3) is 5.22. The van der Waals surface area contributed by atoms with Gasteiger partial charge in [0.1, 0.15) is 0 Å².